The molecule has 2 rings (SSSR count). The molecule has 0 saturated carbocycles. The van der Waals surface area contributed by atoms with E-state index in [0.29, 0.717) is 23.0 Å². The van der Waals surface area contributed by atoms with Crippen molar-refractivity contribution in [2.24, 2.45) is 0 Å². The summed E-state index contributed by atoms with van der Waals surface area (Å²) in [6.45, 7) is 0.332. The van der Waals surface area contributed by atoms with E-state index >= 15 is 0 Å². The Morgan fingerprint density at radius 2 is 2.06 bits per heavy atom. The van der Waals surface area contributed by atoms with Crippen molar-refractivity contribution in [3.05, 3.63) is 40.2 Å². The molecule has 16 heavy (non-hydrogen) atoms. The first-order valence-corrected chi connectivity index (χ1v) is 4.95. The van der Waals surface area contributed by atoms with Crippen LogP contribution in [-0.4, -0.2) is 21.7 Å². The van der Waals surface area contributed by atoms with Gasteiger partial charge in [0, 0.05) is 11.5 Å². The zero-order chi connectivity index (χ0) is 11.7. The summed E-state index contributed by atoms with van der Waals surface area (Å²) in [6, 6.07) is 6.03. The van der Waals surface area contributed by atoms with Crippen molar-refractivity contribution < 1.29 is 15.9 Å². The molecule has 0 amide bonds. The Labute approximate surface area is 91.2 Å². The molecule has 0 aliphatic rings. The Morgan fingerprint density at radius 3 is 2.75 bits per heavy atom. The van der Waals surface area contributed by atoms with Crippen LogP contribution in [0.2, 0.25) is 0 Å². The molecule has 0 radical (unpaired) electrons. The van der Waals surface area contributed by atoms with Crippen molar-refractivity contribution in [2.45, 2.75) is 6.10 Å². The van der Waals surface area contributed by atoms with Crippen molar-refractivity contribution in [1.29, 1.82) is 0 Å². The minimum atomic E-state index is -0.700. The zero-order valence-corrected chi connectivity index (χ0v) is 8.60. The quantitative estimate of drug-likeness (QED) is 0.550. The van der Waals surface area contributed by atoms with Gasteiger partial charge in [0.15, 0.2) is 0 Å². The summed E-state index contributed by atoms with van der Waals surface area (Å²) in [5.74, 6) is -0.00675. The van der Waals surface area contributed by atoms with Crippen molar-refractivity contribution in [3.63, 3.8) is 0 Å². The summed E-state index contributed by atoms with van der Waals surface area (Å²) in [6.07, 6.45) is -0.700. The molecular formula is C11H13N2O3+. The van der Waals surface area contributed by atoms with Gasteiger partial charge in [0.1, 0.15) is 18.4 Å². The van der Waals surface area contributed by atoms with E-state index in [1.807, 2.05) is 0 Å². The summed E-state index contributed by atoms with van der Waals surface area (Å²) >= 11 is 0. The van der Waals surface area contributed by atoms with E-state index in [-0.39, 0.29) is 11.3 Å². The fourth-order valence-electron chi connectivity index (χ4n) is 1.71. The van der Waals surface area contributed by atoms with Crippen LogP contribution >= 0.6 is 0 Å². The number of pyridine rings is 1. The van der Waals surface area contributed by atoms with Crippen molar-refractivity contribution in [1.82, 2.24) is 4.98 Å². The van der Waals surface area contributed by atoms with Gasteiger partial charge in [-0.05, 0) is 17.7 Å². The number of hydrogen-bond acceptors (Lipinski definition) is 3. The van der Waals surface area contributed by atoms with Gasteiger partial charge in [0.2, 0.25) is 5.56 Å². The average Bonchev–Trinajstić information content (AvgIpc) is 2.29. The molecule has 0 spiro atoms. The van der Waals surface area contributed by atoms with Gasteiger partial charge in [-0.25, -0.2) is 0 Å². The van der Waals surface area contributed by atoms with Crippen LogP contribution in [0.1, 0.15) is 11.7 Å². The van der Waals surface area contributed by atoms with Crippen LogP contribution in [0.3, 0.4) is 0 Å². The van der Waals surface area contributed by atoms with Crippen molar-refractivity contribution in [2.75, 3.05) is 6.54 Å². The van der Waals surface area contributed by atoms with Crippen LogP contribution in [0.25, 0.3) is 10.9 Å². The molecule has 5 nitrogen and oxygen atoms in total. The number of fused-ring (bicyclic) bond motifs is 1. The van der Waals surface area contributed by atoms with E-state index in [1.54, 1.807) is 12.1 Å². The van der Waals surface area contributed by atoms with Crippen LogP contribution in [0.4, 0.5) is 0 Å². The Kier molecular flexibility index (Phi) is 2.64. The Hall–Kier alpha value is -1.85. The molecular weight excluding hydrogens is 208 g/mol. The third-order valence-electron chi connectivity index (χ3n) is 2.54. The van der Waals surface area contributed by atoms with Crippen molar-refractivity contribution in [3.8, 4) is 5.75 Å². The molecule has 1 aromatic carbocycles. The van der Waals surface area contributed by atoms with E-state index in [9.17, 15) is 15.0 Å². The van der Waals surface area contributed by atoms with Crippen LogP contribution in [0, 0.1) is 0 Å². The number of aromatic amines is 1. The Bertz CT molecular complexity index is 577. The van der Waals surface area contributed by atoms with Gasteiger partial charge in [0.05, 0.1) is 5.52 Å². The Balaban J connectivity index is 2.79. The summed E-state index contributed by atoms with van der Waals surface area (Å²) in [5.41, 5.74) is 4.33. The van der Waals surface area contributed by atoms with Crippen LogP contribution in [-0.2, 0) is 0 Å². The highest BCUT2D eigenvalue weighted by Gasteiger charge is 2.13. The smallest absolute Gasteiger partial charge is 0.248 e. The van der Waals surface area contributed by atoms with E-state index in [1.165, 1.54) is 12.1 Å². The van der Waals surface area contributed by atoms with Gasteiger partial charge in [-0.3, -0.25) is 4.79 Å². The maximum atomic E-state index is 11.1. The number of aromatic nitrogens is 1. The average molecular weight is 221 g/mol. The lowest BCUT2D eigenvalue weighted by Gasteiger charge is -2.10. The number of aromatic hydroxyl groups is 1. The van der Waals surface area contributed by atoms with Gasteiger partial charge >= 0.3 is 0 Å². The largest absolute Gasteiger partial charge is 0.506 e. The SMILES string of the molecule is [NH3+]C[C@H](O)c1ccc(O)c2[nH]c(=O)ccc12. The van der Waals surface area contributed by atoms with Gasteiger partial charge in [-0.15, -0.1) is 0 Å². The molecule has 2 aromatic rings. The van der Waals surface area contributed by atoms with Crippen LogP contribution in [0.15, 0.2) is 29.1 Å². The highest BCUT2D eigenvalue weighted by molar-refractivity contribution is 5.87. The number of nitrogens with one attached hydrogen (secondary N) is 1. The lowest BCUT2D eigenvalue weighted by atomic mass is 10.0. The minimum absolute atomic E-state index is 0.00675. The molecule has 0 saturated heterocycles. The fourth-order valence-corrected chi connectivity index (χ4v) is 1.71. The minimum Gasteiger partial charge on any atom is -0.506 e. The number of quaternary nitrogens is 1. The third kappa shape index (κ3) is 1.66. The van der Waals surface area contributed by atoms with Gasteiger partial charge in [0.25, 0.3) is 0 Å². The highest BCUT2D eigenvalue weighted by Crippen LogP contribution is 2.27. The maximum Gasteiger partial charge on any atom is 0.248 e. The van der Waals surface area contributed by atoms with E-state index in [0.717, 1.165) is 0 Å². The molecule has 0 aliphatic carbocycles. The molecule has 1 aromatic heterocycles. The Morgan fingerprint density at radius 1 is 1.31 bits per heavy atom. The highest BCUT2D eigenvalue weighted by atomic mass is 16.3. The topological polar surface area (TPSA) is 101 Å². The second-order valence-electron chi connectivity index (χ2n) is 3.59. The molecule has 1 heterocycles. The number of hydrogen-bond donors (Lipinski definition) is 4. The van der Waals surface area contributed by atoms with Gasteiger partial charge < -0.3 is 20.9 Å². The third-order valence-corrected chi connectivity index (χ3v) is 2.54. The fraction of sp³-hybridized carbons (Fsp3) is 0.182. The molecule has 6 N–H and O–H groups in total. The lowest BCUT2D eigenvalue weighted by Crippen LogP contribution is -2.52. The molecule has 0 aliphatic heterocycles. The first kappa shape index (κ1) is 10.7. The molecule has 0 bridgehead atoms. The van der Waals surface area contributed by atoms with E-state index in [2.05, 4.69) is 10.7 Å². The number of phenolic OH excluding ortho intramolecular Hbond substituents is 1. The molecule has 84 valence electrons. The summed E-state index contributed by atoms with van der Waals surface area (Å²) < 4.78 is 0. The number of rotatable bonds is 2. The number of phenols is 1. The predicted octanol–water partition coefficient (Wildman–Crippen LogP) is -0.491. The molecule has 0 unspecified atom stereocenters. The standard InChI is InChI=1S/C11H12N2O3/c12-5-9(15)6-1-3-8(14)11-7(6)2-4-10(16)13-11/h1-4,9,14-15H,5,12H2,(H,13,16)/p+1/t9-/m0/s1. The zero-order valence-electron chi connectivity index (χ0n) is 8.60. The predicted molar refractivity (Wildman–Crippen MR) is 58.9 cm³/mol. The van der Waals surface area contributed by atoms with E-state index in [4.69, 9.17) is 0 Å². The lowest BCUT2D eigenvalue weighted by molar-refractivity contribution is -0.385. The van der Waals surface area contributed by atoms with E-state index < -0.39 is 6.10 Å². The normalized spacial score (nSPS) is 12.9. The van der Waals surface area contributed by atoms with Gasteiger partial charge in [-0.2, -0.15) is 0 Å². The second kappa shape index (κ2) is 3.96. The number of aliphatic hydroxyl groups is 1. The maximum absolute atomic E-state index is 11.1. The first-order valence-electron chi connectivity index (χ1n) is 4.95. The van der Waals surface area contributed by atoms with Gasteiger partial charge in [-0.1, -0.05) is 6.07 Å². The molecule has 5 heteroatoms. The molecule has 1 atom stereocenters. The number of aliphatic hydroxyl groups excluding tert-OH is 1. The monoisotopic (exact) mass is 221 g/mol. The summed E-state index contributed by atoms with van der Waals surface area (Å²) in [4.78, 5) is 13.7. The second-order valence-corrected chi connectivity index (χ2v) is 3.59. The number of benzene rings is 1. The van der Waals surface area contributed by atoms with Crippen LogP contribution in [0.5, 0.6) is 5.75 Å². The molecule has 0 fully saturated rings. The van der Waals surface area contributed by atoms with Crippen molar-refractivity contribution >= 4 is 10.9 Å². The first-order chi connectivity index (χ1) is 7.63. The summed E-state index contributed by atoms with van der Waals surface area (Å²) in [5, 5.41) is 20.0. The summed E-state index contributed by atoms with van der Waals surface area (Å²) in [7, 11) is 0. The number of H-pyrrole nitrogens is 1. The van der Waals surface area contributed by atoms with Crippen LogP contribution < -0.4 is 11.3 Å².